The van der Waals surface area contributed by atoms with E-state index in [0.29, 0.717) is 46.0 Å². The van der Waals surface area contributed by atoms with E-state index in [1.807, 2.05) is 24.3 Å². The summed E-state index contributed by atoms with van der Waals surface area (Å²) in [5, 5.41) is 5.55. The van der Waals surface area contributed by atoms with Gasteiger partial charge in [-0.15, -0.1) is 0 Å². The Labute approximate surface area is 239 Å². The molecule has 0 unspecified atom stereocenters. The van der Waals surface area contributed by atoms with Crippen LogP contribution in [0.1, 0.15) is 49.7 Å². The first-order valence-electron chi connectivity index (χ1n) is 13.4. The average molecular weight is 571 g/mol. The highest BCUT2D eigenvalue weighted by Gasteiger charge is 2.20. The maximum atomic E-state index is 6.27. The normalized spacial score (nSPS) is 16.0. The molecule has 2 aliphatic rings. The Morgan fingerprint density at radius 1 is 0.846 bits per heavy atom. The number of nitrogens with one attached hydrogen (secondary N) is 1. The molecular formula is C28H33Cl2N7O2. The molecule has 0 amide bonds. The topological polar surface area (TPSA) is 88.0 Å². The maximum Gasteiger partial charge on any atom is 0.250 e. The standard InChI is InChI=1S/C28H33Cl2N7O2/c1-38-25-16-20(8-11-24(25)39-19-21-9-10-22(29)17-23(21)30)18-31-35-26-32-27(36-12-4-2-5-13-36)34-28(33-26)37-14-6-3-7-15-37/h8-11,16-18H,2-7,12-15,19H2,1H3,(H,32,33,34,35)/b31-18+. The van der Waals surface area contributed by atoms with Crippen molar-refractivity contribution in [3.63, 3.8) is 0 Å². The van der Waals surface area contributed by atoms with Crippen molar-refractivity contribution in [1.82, 2.24) is 15.0 Å². The third-order valence-corrected chi connectivity index (χ3v) is 7.44. The molecule has 39 heavy (non-hydrogen) atoms. The van der Waals surface area contributed by atoms with Gasteiger partial charge in [0, 0.05) is 41.8 Å². The molecule has 9 nitrogen and oxygen atoms in total. The lowest BCUT2D eigenvalue weighted by Crippen LogP contribution is -2.34. The third-order valence-electron chi connectivity index (χ3n) is 6.85. The van der Waals surface area contributed by atoms with Gasteiger partial charge in [0.15, 0.2) is 11.5 Å². The lowest BCUT2D eigenvalue weighted by atomic mass is 10.1. The fraction of sp³-hybridized carbons (Fsp3) is 0.429. The third kappa shape index (κ3) is 7.22. The fourth-order valence-electron chi connectivity index (χ4n) is 4.72. The average Bonchev–Trinajstić information content (AvgIpc) is 2.98. The van der Waals surface area contributed by atoms with Crippen molar-refractivity contribution in [3.05, 3.63) is 57.6 Å². The van der Waals surface area contributed by atoms with Gasteiger partial charge < -0.3 is 19.3 Å². The summed E-state index contributed by atoms with van der Waals surface area (Å²) in [4.78, 5) is 18.7. The first-order valence-corrected chi connectivity index (χ1v) is 14.1. The summed E-state index contributed by atoms with van der Waals surface area (Å²) < 4.78 is 11.5. The summed E-state index contributed by atoms with van der Waals surface area (Å²) >= 11 is 12.3. The molecule has 1 N–H and O–H groups in total. The molecule has 2 saturated heterocycles. The number of hydrogen-bond donors (Lipinski definition) is 1. The van der Waals surface area contributed by atoms with E-state index in [-0.39, 0.29) is 0 Å². The highest BCUT2D eigenvalue weighted by atomic mass is 35.5. The molecule has 2 fully saturated rings. The van der Waals surface area contributed by atoms with Crippen molar-refractivity contribution >= 4 is 47.3 Å². The predicted molar refractivity (Wildman–Crippen MR) is 157 cm³/mol. The van der Waals surface area contributed by atoms with Gasteiger partial charge in [-0.1, -0.05) is 29.3 Å². The van der Waals surface area contributed by atoms with Crippen LogP contribution in [-0.4, -0.2) is 54.5 Å². The van der Waals surface area contributed by atoms with E-state index in [4.69, 9.17) is 37.7 Å². The van der Waals surface area contributed by atoms with E-state index in [0.717, 1.165) is 63.0 Å². The van der Waals surface area contributed by atoms with Gasteiger partial charge in [0.2, 0.25) is 17.8 Å². The van der Waals surface area contributed by atoms with Crippen LogP contribution in [0.4, 0.5) is 17.8 Å². The number of benzene rings is 2. The molecule has 0 radical (unpaired) electrons. The number of nitrogens with zero attached hydrogens (tertiary/aromatic N) is 6. The molecule has 0 atom stereocenters. The smallest absolute Gasteiger partial charge is 0.250 e. The highest BCUT2D eigenvalue weighted by molar-refractivity contribution is 6.35. The summed E-state index contributed by atoms with van der Waals surface area (Å²) in [5.41, 5.74) is 4.69. The van der Waals surface area contributed by atoms with Crippen LogP contribution in [-0.2, 0) is 6.61 Å². The van der Waals surface area contributed by atoms with E-state index >= 15 is 0 Å². The maximum absolute atomic E-state index is 6.27. The van der Waals surface area contributed by atoms with Crippen LogP contribution in [0.2, 0.25) is 10.0 Å². The largest absolute Gasteiger partial charge is 0.493 e. The second kappa shape index (κ2) is 13.2. The Kier molecular flexibility index (Phi) is 9.21. The molecule has 0 spiro atoms. The monoisotopic (exact) mass is 569 g/mol. The first kappa shape index (κ1) is 27.3. The van der Waals surface area contributed by atoms with E-state index in [9.17, 15) is 0 Å². The molecule has 0 bridgehead atoms. The summed E-state index contributed by atoms with van der Waals surface area (Å²) in [6.45, 7) is 4.14. The number of anilines is 3. The molecule has 2 aromatic carbocycles. The van der Waals surface area contributed by atoms with Crippen molar-refractivity contribution in [1.29, 1.82) is 0 Å². The Morgan fingerprint density at radius 2 is 1.51 bits per heavy atom. The van der Waals surface area contributed by atoms with Gasteiger partial charge in [0.05, 0.1) is 13.3 Å². The van der Waals surface area contributed by atoms with Crippen molar-refractivity contribution in [3.8, 4) is 11.5 Å². The number of rotatable bonds is 9. The molecular weight excluding hydrogens is 537 g/mol. The first-order chi connectivity index (χ1) is 19.1. The fourth-order valence-corrected chi connectivity index (χ4v) is 5.18. The molecule has 0 saturated carbocycles. The van der Waals surface area contributed by atoms with Gasteiger partial charge in [-0.2, -0.15) is 20.1 Å². The van der Waals surface area contributed by atoms with Gasteiger partial charge in [-0.05, 0) is 74.4 Å². The van der Waals surface area contributed by atoms with Gasteiger partial charge in [0.25, 0.3) is 0 Å². The Balaban J connectivity index is 1.28. The van der Waals surface area contributed by atoms with E-state index < -0.39 is 0 Å². The molecule has 11 heteroatoms. The van der Waals surface area contributed by atoms with E-state index in [1.165, 1.54) is 12.8 Å². The number of methoxy groups -OCH3 is 1. The SMILES string of the molecule is COc1cc(/C=N/Nc2nc(N3CCCCC3)nc(N3CCCCC3)n2)ccc1OCc1ccc(Cl)cc1Cl. The Morgan fingerprint density at radius 3 is 2.13 bits per heavy atom. The number of hydrazone groups is 1. The molecule has 3 aromatic rings. The van der Waals surface area contributed by atoms with Gasteiger partial charge in [-0.3, -0.25) is 0 Å². The summed E-state index contributed by atoms with van der Waals surface area (Å²) in [5.74, 6) is 3.06. The minimum atomic E-state index is 0.291. The number of ether oxygens (including phenoxy) is 2. The van der Waals surface area contributed by atoms with Gasteiger partial charge >= 0.3 is 0 Å². The zero-order valence-electron chi connectivity index (χ0n) is 22.1. The molecule has 0 aliphatic carbocycles. The minimum Gasteiger partial charge on any atom is -0.493 e. The second-order valence-corrected chi connectivity index (χ2v) is 10.5. The summed E-state index contributed by atoms with van der Waals surface area (Å²) in [6.07, 6.45) is 8.81. The van der Waals surface area contributed by atoms with Gasteiger partial charge in [0.1, 0.15) is 6.61 Å². The van der Waals surface area contributed by atoms with Gasteiger partial charge in [-0.25, -0.2) is 5.43 Å². The van der Waals surface area contributed by atoms with Crippen LogP contribution < -0.4 is 24.7 Å². The molecule has 3 heterocycles. The van der Waals surface area contributed by atoms with E-state index in [2.05, 4.69) is 30.3 Å². The molecule has 206 valence electrons. The quantitative estimate of drug-likeness (QED) is 0.241. The van der Waals surface area contributed by atoms with E-state index in [1.54, 1.807) is 25.5 Å². The number of aromatic nitrogens is 3. The number of hydrogen-bond acceptors (Lipinski definition) is 9. The van der Waals surface area contributed by atoms with Crippen LogP contribution in [0.15, 0.2) is 41.5 Å². The van der Waals surface area contributed by atoms with Crippen LogP contribution in [0.3, 0.4) is 0 Å². The molecule has 1 aromatic heterocycles. The molecule has 2 aliphatic heterocycles. The van der Waals surface area contributed by atoms with Crippen molar-refractivity contribution < 1.29 is 9.47 Å². The predicted octanol–water partition coefficient (Wildman–Crippen LogP) is 6.19. The zero-order valence-corrected chi connectivity index (χ0v) is 23.6. The van der Waals surface area contributed by atoms with Crippen LogP contribution >= 0.6 is 23.2 Å². The second-order valence-electron chi connectivity index (χ2n) is 9.66. The Bertz CT molecular complexity index is 1260. The lowest BCUT2D eigenvalue weighted by Gasteiger charge is -2.30. The van der Waals surface area contributed by atoms with Crippen LogP contribution in [0.25, 0.3) is 0 Å². The number of piperidine rings is 2. The summed E-state index contributed by atoms with van der Waals surface area (Å²) in [7, 11) is 1.60. The highest BCUT2D eigenvalue weighted by Crippen LogP contribution is 2.30. The van der Waals surface area contributed by atoms with Crippen LogP contribution in [0, 0.1) is 0 Å². The number of halogens is 2. The van der Waals surface area contributed by atoms with Crippen molar-refractivity contribution in [2.24, 2.45) is 5.10 Å². The summed E-state index contributed by atoms with van der Waals surface area (Å²) in [6, 6.07) is 10.9. The Hall–Kier alpha value is -3.30. The lowest BCUT2D eigenvalue weighted by molar-refractivity contribution is 0.284. The van der Waals surface area contributed by atoms with Crippen molar-refractivity contribution in [2.75, 3.05) is 48.5 Å². The zero-order chi connectivity index (χ0) is 27.0. The molecule has 5 rings (SSSR count). The van der Waals surface area contributed by atoms with Crippen molar-refractivity contribution in [2.45, 2.75) is 45.1 Å². The minimum absolute atomic E-state index is 0.291. The van der Waals surface area contributed by atoms with Crippen LogP contribution in [0.5, 0.6) is 11.5 Å².